The first-order valence-corrected chi connectivity index (χ1v) is 6.77. The normalized spacial score (nSPS) is 23.8. The van der Waals surface area contributed by atoms with Gasteiger partial charge in [0.2, 0.25) is 5.91 Å². The maximum Gasteiger partial charge on any atom is 0.221 e. The number of phenols is 1. The van der Waals surface area contributed by atoms with Crippen molar-refractivity contribution >= 4 is 11.6 Å². The highest BCUT2D eigenvalue weighted by Gasteiger charge is 2.42. The molecule has 0 aromatic heterocycles. The van der Waals surface area contributed by atoms with Crippen LogP contribution in [0, 0.1) is 0 Å². The van der Waals surface area contributed by atoms with Crippen molar-refractivity contribution in [1.29, 1.82) is 0 Å². The second-order valence-electron chi connectivity index (χ2n) is 5.89. The SMILES string of the molecule is CC(=O)Nc1ccc(O)cc1OC[C@]1(C)COC(C)(C)O1. The van der Waals surface area contributed by atoms with Crippen LogP contribution in [0.5, 0.6) is 11.5 Å². The van der Waals surface area contributed by atoms with Crippen LogP contribution in [0.25, 0.3) is 0 Å². The molecular formula is C15H21NO5. The summed E-state index contributed by atoms with van der Waals surface area (Å²) in [7, 11) is 0. The van der Waals surface area contributed by atoms with Crippen molar-refractivity contribution in [3.8, 4) is 11.5 Å². The Kier molecular flexibility index (Phi) is 4.11. The first-order chi connectivity index (χ1) is 9.69. The van der Waals surface area contributed by atoms with E-state index in [-0.39, 0.29) is 18.3 Å². The molecule has 1 atom stereocenters. The van der Waals surface area contributed by atoms with Gasteiger partial charge in [-0.25, -0.2) is 0 Å². The maximum atomic E-state index is 11.2. The molecule has 21 heavy (non-hydrogen) atoms. The zero-order valence-electron chi connectivity index (χ0n) is 12.7. The number of phenolic OH excluding ortho intramolecular Hbond substituents is 1. The second-order valence-corrected chi connectivity index (χ2v) is 5.89. The van der Waals surface area contributed by atoms with E-state index in [1.807, 2.05) is 20.8 Å². The van der Waals surface area contributed by atoms with E-state index in [1.54, 1.807) is 6.07 Å². The highest BCUT2D eigenvalue weighted by Crippen LogP contribution is 2.33. The monoisotopic (exact) mass is 295 g/mol. The van der Waals surface area contributed by atoms with Gasteiger partial charge in [0.15, 0.2) is 5.79 Å². The molecule has 1 heterocycles. The summed E-state index contributed by atoms with van der Waals surface area (Å²) in [6.45, 7) is 7.64. The van der Waals surface area contributed by atoms with Crippen molar-refractivity contribution < 1.29 is 24.1 Å². The fraction of sp³-hybridized carbons (Fsp3) is 0.533. The summed E-state index contributed by atoms with van der Waals surface area (Å²) in [4.78, 5) is 11.2. The average Bonchev–Trinajstić information content (AvgIpc) is 2.64. The standard InChI is InChI=1S/C15H21NO5/c1-10(17)16-12-6-5-11(18)7-13(12)19-8-15(4)9-20-14(2,3)21-15/h5-7,18H,8-9H2,1-4H3,(H,16,17)/t15-/m1/s1. The molecule has 1 aromatic rings. The second kappa shape index (κ2) is 5.54. The predicted octanol–water partition coefficient (Wildman–Crippen LogP) is 2.27. The van der Waals surface area contributed by atoms with Crippen LogP contribution in [0.4, 0.5) is 5.69 Å². The number of carbonyl (C=O) groups is 1. The maximum absolute atomic E-state index is 11.2. The molecule has 6 heteroatoms. The molecule has 116 valence electrons. The number of ether oxygens (including phenoxy) is 3. The summed E-state index contributed by atoms with van der Waals surface area (Å²) in [6, 6.07) is 4.53. The molecule has 0 radical (unpaired) electrons. The number of carbonyl (C=O) groups excluding carboxylic acids is 1. The largest absolute Gasteiger partial charge is 0.508 e. The molecule has 6 nitrogen and oxygen atoms in total. The third-order valence-electron chi connectivity index (χ3n) is 3.03. The Labute approximate surface area is 124 Å². The molecular weight excluding hydrogens is 274 g/mol. The number of hydrogen-bond donors (Lipinski definition) is 2. The van der Waals surface area contributed by atoms with E-state index >= 15 is 0 Å². The van der Waals surface area contributed by atoms with E-state index in [9.17, 15) is 9.90 Å². The summed E-state index contributed by atoms with van der Waals surface area (Å²) in [6.07, 6.45) is 0. The summed E-state index contributed by atoms with van der Waals surface area (Å²) in [5.74, 6) is -0.400. The zero-order chi connectivity index (χ0) is 15.7. The van der Waals surface area contributed by atoms with Crippen LogP contribution in [0.15, 0.2) is 18.2 Å². The number of nitrogens with one attached hydrogen (secondary N) is 1. The van der Waals surface area contributed by atoms with Gasteiger partial charge in [-0.15, -0.1) is 0 Å². The Bertz CT molecular complexity index is 543. The van der Waals surface area contributed by atoms with E-state index in [0.717, 1.165) is 0 Å². The molecule has 0 spiro atoms. The first kappa shape index (κ1) is 15.6. The van der Waals surface area contributed by atoms with E-state index in [1.165, 1.54) is 19.1 Å². The van der Waals surface area contributed by atoms with Crippen molar-refractivity contribution in [3.05, 3.63) is 18.2 Å². The Morgan fingerprint density at radius 2 is 2.14 bits per heavy atom. The number of rotatable bonds is 4. The highest BCUT2D eigenvalue weighted by molar-refractivity contribution is 5.90. The predicted molar refractivity (Wildman–Crippen MR) is 77.4 cm³/mol. The van der Waals surface area contributed by atoms with Gasteiger partial charge in [-0.05, 0) is 32.9 Å². The zero-order valence-corrected chi connectivity index (χ0v) is 12.7. The molecule has 2 N–H and O–H groups in total. The Balaban J connectivity index is 2.09. The van der Waals surface area contributed by atoms with Gasteiger partial charge in [0.05, 0.1) is 12.3 Å². The van der Waals surface area contributed by atoms with Crippen LogP contribution in [0.1, 0.15) is 27.7 Å². The fourth-order valence-corrected chi connectivity index (χ4v) is 2.20. The molecule has 0 unspecified atom stereocenters. The number of benzene rings is 1. The lowest BCUT2D eigenvalue weighted by Crippen LogP contribution is -2.37. The molecule has 2 rings (SSSR count). The van der Waals surface area contributed by atoms with Crippen LogP contribution in [-0.2, 0) is 14.3 Å². The van der Waals surface area contributed by atoms with Crippen LogP contribution in [-0.4, -0.2) is 35.6 Å². The molecule has 0 aliphatic carbocycles. The van der Waals surface area contributed by atoms with E-state index in [4.69, 9.17) is 14.2 Å². The van der Waals surface area contributed by atoms with Gasteiger partial charge in [0, 0.05) is 13.0 Å². The molecule has 1 fully saturated rings. The number of hydrogen-bond acceptors (Lipinski definition) is 5. The lowest BCUT2D eigenvalue weighted by Gasteiger charge is -2.25. The van der Waals surface area contributed by atoms with Crippen LogP contribution >= 0.6 is 0 Å². The smallest absolute Gasteiger partial charge is 0.221 e. The van der Waals surface area contributed by atoms with Gasteiger partial charge in [-0.1, -0.05) is 0 Å². The first-order valence-electron chi connectivity index (χ1n) is 6.77. The highest BCUT2D eigenvalue weighted by atomic mass is 16.8. The van der Waals surface area contributed by atoms with Gasteiger partial charge < -0.3 is 24.6 Å². The summed E-state index contributed by atoms with van der Waals surface area (Å²) in [5, 5.41) is 12.2. The fourth-order valence-electron chi connectivity index (χ4n) is 2.20. The Hall–Kier alpha value is -1.79. The van der Waals surface area contributed by atoms with Crippen molar-refractivity contribution in [2.75, 3.05) is 18.5 Å². The number of aromatic hydroxyl groups is 1. The lowest BCUT2D eigenvalue weighted by atomic mass is 10.1. The van der Waals surface area contributed by atoms with E-state index in [2.05, 4.69) is 5.32 Å². The van der Waals surface area contributed by atoms with Crippen molar-refractivity contribution in [2.24, 2.45) is 0 Å². The van der Waals surface area contributed by atoms with Crippen molar-refractivity contribution in [1.82, 2.24) is 0 Å². The molecule has 1 saturated heterocycles. The lowest BCUT2D eigenvalue weighted by molar-refractivity contribution is -0.162. The van der Waals surface area contributed by atoms with Crippen LogP contribution < -0.4 is 10.1 Å². The molecule has 1 aromatic carbocycles. The molecule has 0 bridgehead atoms. The van der Waals surface area contributed by atoms with Gasteiger partial charge in [-0.2, -0.15) is 0 Å². The number of anilines is 1. The third kappa shape index (κ3) is 4.09. The quantitative estimate of drug-likeness (QED) is 0.833. The molecule has 1 amide bonds. The minimum absolute atomic E-state index is 0.0631. The summed E-state index contributed by atoms with van der Waals surface area (Å²) in [5.41, 5.74) is -0.0790. The van der Waals surface area contributed by atoms with E-state index in [0.29, 0.717) is 18.0 Å². The Morgan fingerprint density at radius 1 is 1.43 bits per heavy atom. The van der Waals surface area contributed by atoms with Crippen molar-refractivity contribution in [2.45, 2.75) is 39.1 Å². The minimum atomic E-state index is -0.641. The van der Waals surface area contributed by atoms with Crippen LogP contribution in [0.2, 0.25) is 0 Å². The van der Waals surface area contributed by atoms with Crippen molar-refractivity contribution in [3.63, 3.8) is 0 Å². The molecule has 1 aliphatic rings. The van der Waals surface area contributed by atoms with Gasteiger partial charge in [-0.3, -0.25) is 4.79 Å². The van der Waals surface area contributed by atoms with Gasteiger partial charge >= 0.3 is 0 Å². The minimum Gasteiger partial charge on any atom is -0.508 e. The topological polar surface area (TPSA) is 77.0 Å². The summed E-state index contributed by atoms with van der Waals surface area (Å²) >= 11 is 0. The molecule has 0 saturated carbocycles. The number of amides is 1. The van der Waals surface area contributed by atoms with Gasteiger partial charge in [0.25, 0.3) is 0 Å². The van der Waals surface area contributed by atoms with E-state index < -0.39 is 11.4 Å². The molecule has 1 aliphatic heterocycles. The third-order valence-corrected chi connectivity index (χ3v) is 3.03. The Morgan fingerprint density at radius 3 is 2.71 bits per heavy atom. The van der Waals surface area contributed by atoms with Crippen LogP contribution in [0.3, 0.4) is 0 Å². The van der Waals surface area contributed by atoms with Gasteiger partial charge in [0.1, 0.15) is 23.7 Å². The summed E-state index contributed by atoms with van der Waals surface area (Å²) < 4.78 is 17.1. The average molecular weight is 295 g/mol.